The number of amides is 1. The summed E-state index contributed by atoms with van der Waals surface area (Å²) in [6, 6.07) is -0.102. The highest BCUT2D eigenvalue weighted by Gasteiger charge is 2.36. The molecule has 0 radical (unpaired) electrons. The summed E-state index contributed by atoms with van der Waals surface area (Å²) in [5.41, 5.74) is 0. The fourth-order valence-corrected chi connectivity index (χ4v) is 3.21. The van der Waals surface area contributed by atoms with Crippen molar-refractivity contribution in [3.05, 3.63) is 29.9 Å². The van der Waals surface area contributed by atoms with Crippen molar-refractivity contribution in [1.82, 2.24) is 24.6 Å². The van der Waals surface area contributed by atoms with Crippen molar-refractivity contribution in [2.75, 3.05) is 6.54 Å². The van der Waals surface area contributed by atoms with E-state index in [-0.39, 0.29) is 11.9 Å². The van der Waals surface area contributed by atoms with Crippen molar-refractivity contribution in [3.8, 4) is 0 Å². The highest BCUT2D eigenvalue weighted by molar-refractivity contribution is 5.91. The summed E-state index contributed by atoms with van der Waals surface area (Å²) in [7, 11) is 0. The summed E-state index contributed by atoms with van der Waals surface area (Å²) in [6.45, 7) is 3.45. The Kier molecular flexibility index (Phi) is 3.63. The number of aromatic nitrogens is 4. The average Bonchev–Trinajstić information content (AvgIpc) is 3.14. The number of imidazole rings is 1. The van der Waals surface area contributed by atoms with Crippen LogP contribution in [0.1, 0.15) is 73.3 Å². The molecular weight excluding hydrogens is 294 g/mol. The molecule has 1 aliphatic carbocycles. The third-order valence-electron chi connectivity index (χ3n) is 4.69. The van der Waals surface area contributed by atoms with Crippen LogP contribution in [0.25, 0.3) is 0 Å². The Morgan fingerprint density at radius 1 is 1.35 bits per heavy atom. The molecule has 1 saturated carbocycles. The maximum Gasteiger partial charge on any atom is 0.290 e. The number of rotatable bonds is 4. The molecule has 2 fully saturated rings. The molecule has 1 amide bonds. The number of piperidine rings is 1. The summed E-state index contributed by atoms with van der Waals surface area (Å²) in [4.78, 5) is 23.6. The number of carbonyl (C=O) groups excluding carboxylic acids is 1. The minimum atomic E-state index is -0.102. The van der Waals surface area contributed by atoms with Crippen molar-refractivity contribution < 1.29 is 9.32 Å². The number of nitrogens with zero attached hydrogens (tertiary/aromatic N) is 5. The van der Waals surface area contributed by atoms with E-state index in [2.05, 4.69) is 15.1 Å². The molecule has 0 aromatic carbocycles. The Balaban J connectivity index is 1.60. The first-order valence-electron chi connectivity index (χ1n) is 8.43. The highest BCUT2D eigenvalue weighted by Crippen LogP contribution is 2.40. The maximum atomic E-state index is 12.9. The predicted molar refractivity (Wildman–Crippen MR) is 81.8 cm³/mol. The van der Waals surface area contributed by atoms with Crippen LogP contribution in [0.3, 0.4) is 0 Å². The molecule has 7 heteroatoms. The maximum absolute atomic E-state index is 12.9. The molecule has 3 heterocycles. The monoisotopic (exact) mass is 315 g/mol. The van der Waals surface area contributed by atoms with Gasteiger partial charge in [0, 0.05) is 31.4 Å². The van der Waals surface area contributed by atoms with Crippen LogP contribution in [0.5, 0.6) is 0 Å². The van der Waals surface area contributed by atoms with Crippen molar-refractivity contribution in [2.24, 2.45) is 0 Å². The average molecular weight is 315 g/mol. The normalized spacial score (nSPS) is 21.6. The minimum Gasteiger partial charge on any atom is -0.339 e. The zero-order chi connectivity index (χ0) is 15.8. The van der Waals surface area contributed by atoms with E-state index in [9.17, 15) is 4.79 Å². The Morgan fingerprint density at radius 3 is 3.00 bits per heavy atom. The van der Waals surface area contributed by atoms with Crippen LogP contribution >= 0.6 is 0 Å². The van der Waals surface area contributed by atoms with Crippen molar-refractivity contribution in [2.45, 2.75) is 57.5 Å². The van der Waals surface area contributed by atoms with E-state index in [0.717, 1.165) is 44.5 Å². The zero-order valence-electron chi connectivity index (χ0n) is 13.3. The van der Waals surface area contributed by atoms with E-state index >= 15 is 0 Å². The van der Waals surface area contributed by atoms with Gasteiger partial charge >= 0.3 is 0 Å². The molecule has 1 unspecified atom stereocenters. The van der Waals surface area contributed by atoms with E-state index in [0.29, 0.717) is 24.1 Å². The molecule has 1 saturated heterocycles. The zero-order valence-corrected chi connectivity index (χ0v) is 13.3. The summed E-state index contributed by atoms with van der Waals surface area (Å²) in [5.74, 6) is 2.26. The lowest BCUT2D eigenvalue weighted by molar-refractivity contribution is 0.0579. The molecule has 4 rings (SSSR count). The molecule has 2 aliphatic rings. The van der Waals surface area contributed by atoms with Crippen LogP contribution in [-0.4, -0.2) is 37.0 Å². The van der Waals surface area contributed by atoms with Crippen LogP contribution in [0.4, 0.5) is 0 Å². The largest absolute Gasteiger partial charge is 0.339 e. The fraction of sp³-hybridized carbons (Fsp3) is 0.625. The second kappa shape index (κ2) is 5.79. The van der Waals surface area contributed by atoms with Crippen LogP contribution in [-0.2, 0) is 6.54 Å². The molecule has 0 bridgehead atoms. The Bertz CT molecular complexity index is 703. The number of aryl methyl sites for hydroxylation is 1. The molecule has 0 spiro atoms. The van der Waals surface area contributed by atoms with Crippen molar-refractivity contribution >= 4 is 5.91 Å². The fourth-order valence-electron chi connectivity index (χ4n) is 3.21. The van der Waals surface area contributed by atoms with Crippen LogP contribution in [0, 0.1) is 0 Å². The number of likely N-dealkylation sites (tertiary alicyclic amines) is 1. The molecule has 7 nitrogen and oxygen atoms in total. The van der Waals surface area contributed by atoms with E-state index in [1.165, 1.54) is 0 Å². The molecular formula is C16H21N5O2. The third kappa shape index (κ3) is 2.64. The van der Waals surface area contributed by atoms with E-state index in [1.54, 1.807) is 6.20 Å². The molecule has 0 N–H and O–H groups in total. The molecule has 1 aliphatic heterocycles. The molecule has 2 aromatic heterocycles. The van der Waals surface area contributed by atoms with Gasteiger partial charge in [-0.15, -0.1) is 0 Å². The smallest absolute Gasteiger partial charge is 0.290 e. The lowest BCUT2D eigenvalue weighted by atomic mass is 10.0. The number of hydrogen-bond donors (Lipinski definition) is 0. The molecule has 23 heavy (non-hydrogen) atoms. The molecule has 122 valence electrons. The summed E-state index contributed by atoms with van der Waals surface area (Å²) >= 11 is 0. The van der Waals surface area contributed by atoms with Gasteiger partial charge in [-0.1, -0.05) is 5.16 Å². The predicted octanol–water partition coefficient (Wildman–Crippen LogP) is 2.53. The van der Waals surface area contributed by atoms with Crippen LogP contribution in [0.2, 0.25) is 0 Å². The Morgan fingerprint density at radius 2 is 2.22 bits per heavy atom. The summed E-state index contributed by atoms with van der Waals surface area (Å²) in [5, 5.41) is 4.15. The van der Waals surface area contributed by atoms with Gasteiger partial charge in [-0.2, -0.15) is 4.98 Å². The molecule has 2 aromatic rings. The topological polar surface area (TPSA) is 77.0 Å². The van der Waals surface area contributed by atoms with Gasteiger partial charge in [-0.3, -0.25) is 4.79 Å². The highest BCUT2D eigenvalue weighted by atomic mass is 16.5. The summed E-state index contributed by atoms with van der Waals surface area (Å²) < 4.78 is 7.26. The lowest BCUT2D eigenvalue weighted by Crippen LogP contribution is -2.40. The SMILES string of the molecule is CCn1ccnc1C(=O)N1CCCCC1c1noc(C2CC2)n1. The third-order valence-corrected chi connectivity index (χ3v) is 4.69. The van der Waals surface area contributed by atoms with Crippen LogP contribution in [0.15, 0.2) is 16.9 Å². The van der Waals surface area contributed by atoms with E-state index < -0.39 is 0 Å². The van der Waals surface area contributed by atoms with Crippen molar-refractivity contribution in [1.29, 1.82) is 0 Å². The number of carbonyl (C=O) groups is 1. The van der Waals surface area contributed by atoms with Gasteiger partial charge in [0.2, 0.25) is 5.89 Å². The second-order valence-electron chi connectivity index (χ2n) is 6.31. The van der Waals surface area contributed by atoms with Gasteiger partial charge in [-0.05, 0) is 39.0 Å². The molecule has 1 atom stereocenters. The Hall–Kier alpha value is -2.18. The van der Waals surface area contributed by atoms with Gasteiger partial charge < -0.3 is 14.0 Å². The van der Waals surface area contributed by atoms with Crippen LogP contribution < -0.4 is 0 Å². The quantitative estimate of drug-likeness (QED) is 0.866. The second-order valence-corrected chi connectivity index (χ2v) is 6.31. The van der Waals surface area contributed by atoms with Gasteiger partial charge in [0.05, 0.1) is 6.04 Å². The lowest BCUT2D eigenvalue weighted by Gasteiger charge is -2.33. The van der Waals surface area contributed by atoms with E-state index in [1.807, 2.05) is 22.6 Å². The minimum absolute atomic E-state index is 0.0423. The first-order chi connectivity index (χ1) is 11.3. The standard InChI is InChI=1S/C16H21N5O2/c1-2-20-10-8-17-14(20)16(22)21-9-4-3-5-12(21)13-18-15(23-19-13)11-6-7-11/h8,10-12H,2-7,9H2,1H3. The van der Waals surface area contributed by atoms with Crippen molar-refractivity contribution in [3.63, 3.8) is 0 Å². The van der Waals surface area contributed by atoms with E-state index in [4.69, 9.17) is 4.52 Å². The first-order valence-corrected chi connectivity index (χ1v) is 8.43. The van der Waals surface area contributed by atoms with Gasteiger partial charge in [0.25, 0.3) is 5.91 Å². The summed E-state index contributed by atoms with van der Waals surface area (Å²) in [6.07, 6.45) is 8.72. The number of hydrogen-bond acceptors (Lipinski definition) is 5. The van der Waals surface area contributed by atoms with Gasteiger partial charge in [0.15, 0.2) is 11.6 Å². The Labute approximate surface area is 134 Å². The van der Waals surface area contributed by atoms with Gasteiger partial charge in [0.1, 0.15) is 0 Å². The first kappa shape index (κ1) is 14.4. The van der Waals surface area contributed by atoms with Gasteiger partial charge in [-0.25, -0.2) is 4.98 Å².